The van der Waals surface area contributed by atoms with Crippen LogP contribution >= 0.6 is 0 Å². The SMILES string of the molecule is CCN1CCCc2cc(CN(C3CCCC3)S(=O)(=O)c3cccc(NC(=O)CCC4CCCC4)c3)ccc21. The van der Waals surface area contributed by atoms with Crippen molar-refractivity contribution in [1.82, 2.24) is 4.31 Å². The Morgan fingerprint density at radius 3 is 2.53 bits per heavy atom. The van der Waals surface area contributed by atoms with E-state index >= 15 is 0 Å². The zero-order valence-corrected chi connectivity index (χ0v) is 23.6. The first-order chi connectivity index (χ1) is 18.4. The summed E-state index contributed by atoms with van der Waals surface area (Å²) in [4.78, 5) is 15.3. The molecule has 2 aromatic carbocycles. The molecular formula is C31H43N3O3S. The van der Waals surface area contributed by atoms with Crippen LogP contribution in [0.2, 0.25) is 0 Å². The van der Waals surface area contributed by atoms with Gasteiger partial charge in [-0.2, -0.15) is 4.31 Å². The molecule has 2 fully saturated rings. The highest BCUT2D eigenvalue weighted by Crippen LogP contribution is 2.34. The molecular weight excluding hydrogens is 494 g/mol. The average Bonchev–Trinajstić information content (AvgIpc) is 3.65. The number of rotatable bonds is 10. The normalized spacial score (nSPS) is 18.7. The maximum atomic E-state index is 14.1. The first-order valence-electron chi connectivity index (χ1n) is 14.7. The Labute approximate surface area is 228 Å². The lowest BCUT2D eigenvalue weighted by molar-refractivity contribution is -0.116. The highest BCUT2D eigenvalue weighted by Gasteiger charge is 2.34. The molecule has 5 rings (SSSR count). The summed E-state index contributed by atoms with van der Waals surface area (Å²) >= 11 is 0. The number of carbonyl (C=O) groups excluding carboxylic acids is 1. The minimum Gasteiger partial charge on any atom is -0.372 e. The standard InChI is InChI=1S/C31H43N3O3S/c1-2-33-20-8-11-26-21-25(16-18-30(26)33)23-34(28-13-5-6-14-28)38(36,37)29-15-7-12-27(22-29)32-31(35)19-17-24-9-3-4-10-24/h7,12,15-16,18,21-22,24,28H,2-6,8-11,13-14,17,19-20,23H2,1H3,(H,32,35). The summed E-state index contributed by atoms with van der Waals surface area (Å²) in [6, 6.07) is 13.3. The summed E-state index contributed by atoms with van der Waals surface area (Å²) in [5.74, 6) is 0.621. The molecule has 0 atom stereocenters. The molecule has 2 aromatic rings. The number of hydrogen-bond donors (Lipinski definition) is 1. The quantitative estimate of drug-likeness (QED) is 0.376. The topological polar surface area (TPSA) is 69.7 Å². The fourth-order valence-corrected chi connectivity index (χ4v) is 8.38. The van der Waals surface area contributed by atoms with E-state index in [0.29, 0.717) is 24.6 Å². The van der Waals surface area contributed by atoms with Gasteiger partial charge in [-0.25, -0.2) is 8.42 Å². The molecule has 1 N–H and O–H groups in total. The molecule has 2 saturated carbocycles. The zero-order chi connectivity index (χ0) is 26.5. The van der Waals surface area contributed by atoms with Crippen LogP contribution < -0.4 is 10.2 Å². The molecule has 0 spiro atoms. The minimum absolute atomic E-state index is 0.00725. The van der Waals surface area contributed by atoms with Crippen molar-refractivity contribution in [3.63, 3.8) is 0 Å². The second kappa shape index (κ2) is 12.2. The Bertz CT molecular complexity index is 1220. The van der Waals surface area contributed by atoms with Crippen molar-refractivity contribution >= 4 is 27.3 Å². The molecule has 7 heteroatoms. The van der Waals surface area contributed by atoms with Crippen molar-refractivity contribution in [1.29, 1.82) is 0 Å². The Morgan fingerprint density at radius 2 is 1.76 bits per heavy atom. The third-order valence-corrected chi connectivity index (χ3v) is 10.7. The first-order valence-corrected chi connectivity index (χ1v) is 16.2. The van der Waals surface area contributed by atoms with E-state index in [-0.39, 0.29) is 16.8 Å². The van der Waals surface area contributed by atoms with Gasteiger partial charge in [-0.15, -0.1) is 0 Å². The van der Waals surface area contributed by atoms with E-state index in [1.54, 1.807) is 28.6 Å². The highest BCUT2D eigenvalue weighted by molar-refractivity contribution is 7.89. The summed E-state index contributed by atoms with van der Waals surface area (Å²) in [6.07, 6.45) is 12.5. The summed E-state index contributed by atoms with van der Waals surface area (Å²) in [5, 5.41) is 2.95. The second-order valence-corrected chi connectivity index (χ2v) is 13.3. The van der Waals surface area contributed by atoms with Gasteiger partial charge in [0.15, 0.2) is 0 Å². The van der Waals surface area contributed by atoms with Crippen molar-refractivity contribution in [3.05, 3.63) is 53.6 Å². The third kappa shape index (κ3) is 6.26. The van der Waals surface area contributed by atoms with Gasteiger partial charge in [0.05, 0.1) is 4.90 Å². The number of nitrogens with one attached hydrogen (secondary N) is 1. The van der Waals surface area contributed by atoms with Crippen LogP contribution in [0.3, 0.4) is 0 Å². The fourth-order valence-electron chi connectivity index (χ4n) is 6.67. The number of hydrogen-bond acceptors (Lipinski definition) is 4. The van der Waals surface area contributed by atoms with Crippen LogP contribution in [0.5, 0.6) is 0 Å². The van der Waals surface area contributed by atoms with Gasteiger partial charge in [-0.3, -0.25) is 4.79 Å². The van der Waals surface area contributed by atoms with Crippen LogP contribution in [-0.4, -0.2) is 37.8 Å². The van der Waals surface area contributed by atoms with Gasteiger partial charge in [0.2, 0.25) is 15.9 Å². The lowest BCUT2D eigenvalue weighted by Gasteiger charge is -2.32. The summed E-state index contributed by atoms with van der Waals surface area (Å²) < 4.78 is 29.8. The van der Waals surface area contributed by atoms with Gasteiger partial charge in [0, 0.05) is 43.5 Å². The van der Waals surface area contributed by atoms with Crippen LogP contribution in [0.15, 0.2) is 47.4 Å². The van der Waals surface area contributed by atoms with Crippen molar-refractivity contribution in [2.75, 3.05) is 23.3 Å². The lowest BCUT2D eigenvalue weighted by Crippen LogP contribution is -2.38. The molecule has 0 bridgehead atoms. The van der Waals surface area contributed by atoms with Gasteiger partial charge < -0.3 is 10.2 Å². The fraction of sp³-hybridized carbons (Fsp3) is 0.581. The molecule has 1 amide bonds. The van der Waals surface area contributed by atoms with E-state index in [4.69, 9.17) is 0 Å². The van der Waals surface area contributed by atoms with Crippen molar-refractivity contribution in [2.45, 2.75) is 101 Å². The predicted molar refractivity (Wildman–Crippen MR) is 154 cm³/mol. The largest absolute Gasteiger partial charge is 0.372 e. The highest BCUT2D eigenvalue weighted by atomic mass is 32.2. The van der Waals surface area contributed by atoms with E-state index in [1.165, 1.54) is 36.9 Å². The predicted octanol–water partition coefficient (Wildman–Crippen LogP) is 6.50. The van der Waals surface area contributed by atoms with E-state index < -0.39 is 10.0 Å². The molecule has 0 saturated heterocycles. The maximum Gasteiger partial charge on any atom is 0.243 e. The molecule has 206 valence electrons. The molecule has 3 aliphatic rings. The molecule has 0 unspecified atom stereocenters. The summed E-state index contributed by atoms with van der Waals surface area (Å²) in [5.41, 5.74) is 4.21. The Balaban J connectivity index is 1.33. The first kappa shape index (κ1) is 27.2. The maximum absolute atomic E-state index is 14.1. The number of nitrogens with zero attached hydrogens (tertiary/aromatic N) is 2. The number of carbonyl (C=O) groups is 1. The Hall–Kier alpha value is -2.38. The number of amides is 1. The van der Waals surface area contributed by atoms with Gasteiger partial charge in [0.25, 0.3) is 0 Å². The monoisotopic (exact) mass is 537 g/mol. The van der Waals surface area contributed by atoms with E-state index in [0.717, 1.165) is 63.6 Å². The van der Waals surface area contributed by atoms with E-state index in [1.807, 2.05) is 0 Å². The van der Waals surface area contributed by atoms with Crippen LogP contribution in [0, 0.1) is 5.92 Å². The zero-order valence-electron chi connectivity index (χ0n) is 22.8. The van der Waals surface area contributed by atoms with Crippen LogP contribution in [0.4, 0.5) is 11.4 Å². The molecule has 1 aliphatic heterocycles. The lowest BCUT2D eigenvalue weighted by atomic mass is 9.99. The van der Waals surface area contributed by atoms with E-state index in [9.17, 15) is 13.2 Å². The Kier molecular flexibility index (Phi) is 8.74. The summed E-state index contributed by atoms with van der Waals surface area (Å²) in [7, 11) is -3.73. The third-order valence-electron chi connectivity index (χ3n) is 8.79. The average molecular weight is 538 g/mol. The summed E-state index contributed by atoms with van der Waals surface area (Å²) in [6.45, 7) is 4.63. The molecule has 1 heterocycles. The van der Waals surface area contributed by atoms with E-state index in [2.05, 4.69) is 35.3 Å². The molecule has 0 radical (unpaired) electrons. The minimum atomic E-state index is -3.73. The molecule has 2 aliphatic carbocycles. The Morgan fingerprint density at radius 1 is 1.00 bits per heavy atom. The van der Waals surface area contributed by atoms with Crippen molar-refractivity contribution < 1.29 is 13.2 Å². The van der Waals surface area contributed by atoms with Gasteiger partial charge in [-0.05, 0) is 80.3 Å². The van der Waals surface area contributed by atoms with Crippen LogP contribution in [-0.2, 0) is 27.8 Å². The smallest absolute Gasteiger partial charge is 0.243 e. The van der Waals surface area contributed by atoms with Gasteiger partial charge in [0.1, 0.15) is 0 Å². The molecule has 38 heavy (non-hydrogen) atoms. The second-order valence-electron chi connectivity index (χ2n) is 11.4. The number of sulfonamides is 1. The molecule has 6 nitrogen and oxygen atoms in total. The molecule has 0 aromatic heterocycles. The van der Waals surface area contributed by atoms with Gasteiger partial charge in [-0.1, -0.05) is 56.7 Å². The number of benzene rings is 2. The van der Waals surface area contributed by atoms with Crippen LogP contribution in [0.25, 0.3) is 0 Å². The van der Waals surface area contributed by atoms with Crippen molar-refractivity contribution in [3.8, 4) is 0 Å². The van der Waals surface area contributed by atoms with Crippen LogP contribution in [0.1, 0.15) is 88.7 Å². The van der Waals surface area contributed by atoms with Gasteiger partial charge >= 0.3 is 0 Å². The van der Waals surface area contributed by atoms with Crippen molar-refractivity contribution in [2.24, 2.45) is 5.92 Å². The number of anilines is 2. The number of fused-ring (bicyclic) bond motifs is 1. The number of aryl methyl sites for hydroxylation is 1.